The van der Waals surface area contributed by atoms with E-state index in [0.717, 1.165) is 0 Å². The molecule has 0 aliphatic heterocycles. The van der Waals surface area contributed by atoms with E-state index in [0.29, 0.717) is 11.8 Å². The molecule has 4 heteroatoms. The van der Waals surface area contributed by atoms with E-state index in [1.165, 1.54) is 24.0 Å². The Bertz CT molecular complexity index is 647. The van der Waals surface area contributed by atoms with Gasteiger partial charge in [-0.3, -0.25) is 0 Å². The standard InChI is InChI=1S/2C9H13.2CH3.2ClH.H2Si.Zr/c2*1-4-9-5-7(2)8(3)6-9;;;;;;/h2*5,9H,4H2,1-3H3;2*1H3;2*1H;1H2;. The second-order valence-electron chi connectivity index (χ2n) is 8.49. The van der Waals surface area contributed by atoms with Crippen LogP contribution in [0.1, 0.15) is 54.4 Å². The molecule has 0 bridgehead atoms. The summed E-state index contributed by atoms with van der Waals surface area (Å²) in [6.45, 7) is 16.5. The SMILES string of the molecule is CCC1C=C(C)C(C)=[C]1[Zr]([CH3])([CH3])(=[SiH2])[C]1=C(C)C(C)=CC1CC.Cl.Cl. The molecule has 0 amide bonds. The van der Waals surface area contributed by atoms with Crippen LogP contribution in [0.2, 0.25) is 9.26 Å². The van der Waals surface area contributed by atoms with Crippen molar-refractivity contribution in [3.63, 3.8) is 0 Å². The maximum Gasteiger partial charge on any atom is -0.147 e. The van der Waals surface area contributed by atoms with Crippen LogP contribution in [-0.2, 0) is 17.4 Å². The third-order valence-corrected chi connectivity index (χ3v) is 22.9. The van der Waals surface area contributed by atoms with Crippen molar-refractivity contribution in [2.75, 3.05) is 0 Å². The van der Waals surface area contributed by atoms with Crippen molar-refractivity contribution in [1.82, 2.24) is 0 Å². The maximum absolute atomic E-state index is 3.09. The third-order valence-electron chi connectivity index (χ3n) is 6.24. The first-order chi connectivity index (χ1) is 10.0. The molecule has 0 aromatic heterocycles. The Labute approximate surface area is 164 Å². The molecule has 0 nitrogen and oxygen atoms in total. The van der Waals surface area contributed by atoms with Gasteiger partial charge in [0.15, 0.2) is 0 Å². The summed E-state index contributed by atoms with van der Waals surface area (Å²) in [6.07, 6.45) is 7.60. The van der Waals surface area contributed by atoms with Gasteiger partial charge in [0.05, 0.1) is 0 Å². The van der Waals surface area contributed by atoms with Crippen molar-refractivity contribution in [3.05, 3.63) is 41.0 Å². The van der Waals surface area contributed by atoms with E-state index in [9.17, 15) is 0 Å². The Kier molecular flexibility index (Phi) is 8.33. The van der Waals surface area contributed by atoms with Gasteiger partial charge in [0, 0.05) is 0 Å². The zero-order valence-electron chi connectivity index (χ0n) is 16.7. The van der Waals surface area contributed by atoms with Crippen molar-refractivity contribution in [2.24, 2.45) is 11.8 Å². The summed E-state index contributed by atoms with van der Waals surface area (Å²) in [5, 5.41) is 0. The molecular weight excluding hydrogens is 430 g/mol. The minimum Gasteiger partial charge on any atom is -0.147 e. The molecule has 2 aliphatic carbocycles. The summed E-state index contributed by atoms with van der Waals surface area (Å²) in [5.74, 6) is 1.38. The number of hydrogen-bond donors (Lipinski definition) is 0. The van der Waals surface area contributed by atoms with Crippen molar-refractivity contribution in [1.29, 1.82) is 0 Å². The van der Waals surface area contributed by atoms with Gasteiger partial charge < -0.3 is 0 Å². The average Bonchev–Trinajstić information content (AvgIpc) is 2.88. The zero-order valence-corrected chi connectivity index (χ0v) is 22.3. The summed E-state index contributed by atoms with van der Waals surface area (Å²) < 4.78 is 9.13. The second kappa shape index (κ2) is 8.12. The summed E-state index contributed by atoms with van der Waals surface area (Å²) in [6, 6.07) is 0. The van der Waals surface area contributed by atoms with Gasteiger partial charge in [-0.15, -0.1) is 24.8 Å². The van der Waals surface area contributed by atoms with Crippen LogP contribution in [0.3, 0.4) is 0 Å². The largest absolute Gasteiger partial charge is 0.147 e. The van der Waals surface area contributed by atoms with E-state index in [-0.39, 0.29) is 24.8 Å². The van der Waals surface area contributed by atoms with Crippen molar-refractivity contribution in [2.45, 2.75) is 63.6 Å². The fraction of sp³-hybridized carbons (Fsp3) is 0.600. The van der Waals surface area contributed by atoms with Gasteiger partial charge in [-0.05, 0) is 0 Å². The monoisotopic (exact) mass is 464 g/mol. The van der Waals surface area contributed by atoms with Crippen LogP contribution in [0.15, 0.2) is 41.0 Å². The molecule has 0 fully saturated rings. The molecule has 0 heterocycles. The fourth-order valence-corrected chi connectivity index (χ4v) is 26.3. The molecule has 2 rings (SSSR count). The molecule has 0 saturated carbocycles. The smallest absolute Gasteiger partial charge is 0.147 e. The average molecular weight is 467 g/mol. The van der Waals surface area contributed by atoms with Crippen LogP contribution < -0.4 is 0 Å². The molecule has 0 aromatic carbocycles. The summed E-state index contributed by atoms with van der Waals surface area (Å²) >= 11 is -3.09. The van der Waals surface area contributed by atoms with Gasteiger partial charge in [0.1, 0.15) is 0 Å². The van der Waals surface area contributed by atoms with Crippen molar-refractivity contribution >= 4 is 31.7 Å². The quantitative estimate of drug-likeness (QED) is 0.405. The molecule has 2 aliphatic rings. The Hall–Kier alpha value is 0.640. The Morgan fingerprint density at radius 2 is 1.08 bits per heavy atom. The van der Waals surface area contributed by atoms with Crippen LogP contribution in [0.25, 0.3) is 0 Å². The van der Waals surface area contributed by atoms with Crippen LogP contribution in [-0.4, -0.2) is 6.88 Å². The minimum absolute atomic E-state index is 0. The van der Waals surface area contributed by atoms with E-state index in [4.69, 9.17) is 0 Å². The van der Waals surface area contributed by atoms with E-state index in [2.05, 4.69) is 69.8 Å². The summed E-state index contributed by atoms with van der Waals surface area (Å²) in [7, 11) is 0. The number of rotatable bonds is 4. The molecule has 2 unspecified atom stereocenters. The van der Waals surface area contributed by atoms with Gasteiger partial charge >= 0.3 is 141 Å². The zero-order chi connectivity index (χ0) is 16.9. The van der Waals surface area contributed by atoms with E-state index in [1.54, 1.807) is 11.1 Å². The Balaban J connectivity index is 0.00000264. The van der Waals surface area contributed by atoms with Crippen LogP contribution in [0, 0.1) is 11.8 Å². The Morgan fingerprint density at radius 3 is 1.33 bits per heavy atom. The summed E-state index contributed by atoms with van der Waals surface area (Å²) in [4.78, 5) is 0. The maximum atomic E-state index is 2.70. The van der Waals surface area contributed by atoms with Gasteiger partial charge in [0.2, 0.25) is 0 Å². The summed E-state index contributed by atoms with van der Waals surface area (Å²) in [5.41, 5.74) is 6.31. The van der Waals surface area contributed by atoms with Gasteiger partial charge in [-0.2, -0.15) is 0 Å². The normalized spacial score (nSPS) is 24.5. The van der Waals surface area contributed by atoms with Crippen LogP contribution in [0.4, 0.5) is 0 Å². The molecule has 0 aromatic rings. The van der Waals surface area contributed by atoms with E-state index < -0.39 is 17.4 Å². The van der Waals surface area contributed by atoms with Crippen LogP contribution >= 0.6 is 24.8 Å². The second-order valence-corrected chi connectivity index (χ2v) is 36.9. The minimum atomic E-state index is -3.09. The first kappa shape index (κ1) is 24.6. The predicted molar refractivity (Wildman–Crippen MR) is 115 cm³/mol. The molecule has 2 atom stereocenters. The fourth-order valence-electron chi connectivity index (χ4n) is 5.18. The molecule has 0 N–H and O–H groups in total. The first-order valence-electron chi connectivity index (χ1n) is 8.91. The molecule has 138 valence electrons. The molecule has 0 radical (unpaired) electrons. The van der Waals surface area contributed by atoms with Crippen molar-refractivity contribution in [3.8, 4) is 0 Å². The van der Waals surface area contributed by atoms with Gasteiger partial charge in [-0.1, -0.05) is 0 Å². The third kappa shape index (κ3) is 3.83. The molecule has 24 heavy (non-hydrogen) atoms. The topological polar surface area (TPSA) is 0 Å². The predicted octanol–water partition coefficient (Wildman–Crippen LogP) is 6.68. The van der Waals surface area contributed by atoms with Crippen LogP contribution in [0.5, 0.6) is 0 Å². The Morgan fingerprint density at radius 1 is 0.792 bits per heavy atom. The van der Waals surface area contributed by atoms with Gasteiger partial charge in [0.25, 0.3) is 0 Å². The number of halogens is 2. The van der Waals surface area contributed by atoms with E-state index >= 15 is 0 Å². The van der Waals surface area contributed by atoms with Crippen molar-refractivity contribution < 1.29 is 17.4 Å². The molecule has 0 spiro atoms. The van der Waals surface area contributed by atoms with Gasteiger partial charge in [-0.25, -0.2) is 0 Å². The first-order valence-corrected chi connectivity index (χ1v) is 22.2. The molecule has 0 saturated heterocycles. The van der Waals surface area contributed by atoms with E-state index in [1.807, 2.05) is 6.56 Å². The number of hydrogen-bond acceptors (Lipinski definition) is 0. The number of allylic oxidation sites excluding steroid dienone is 8. The molecular formula is C20H36Cl2SiZr.